The molecule has 0 radical (unpaired) electrons. The first-order valence-electron chi connectivity index (χ1n) is 50.7. The van der Waals surface area contributed by atoms with Crippen LogP contribution in [0.1, 0.15) is 164 Å². The quantitative estimate of drug-likeness (QED) is 0.0328. The number of unbranched alkanes of at least 4 members (excludes halogenated alkanes) is 2. The number of imide groups is 1. The first-order chi connectivity index (χ1) is 69.2. The molecule has 0 aliphatic carbocycles. The number of methoxy groups -OCH3 is 2. The SMILES string of the molecule is CC[C@H](C)[C@@H]([C@@H](CC(=O)N1CCC[C@H]1[C@H](OC)[C@@H](C)C(=O)N[C@H](C)[C@@H](O)c1ccccc1)OC)N(C)C(=O)[C@@H](NC(=O)[C@H](C(C)C)N(C)C(=O)OCc1ccc(NC(=O)[C@H](CCCNC(N)=O)NC(=O)[C@@H](NC(=O)CC[C@H](NC(=O)CCCCCN2C(=O)C=CC2=O)C(=O)N2CCOCCOCCOCCOCCOCCOCCOCCOCCOCCOCCOCCOCCOCC2)C(C)C)cc1)C(C)C. The van der Waals surface area contributed by atoms with Gasteiger partial charge >= 0.3 is 12.1 Å². The lowest BCUT2D eigenvalue weighted by molar-refractivity contribution is -0.148. The lowest BCUT2D eigenvalue weighted by Crippen LogP contribution is -2.60. The van der Waals surface area contributed by atoms with Crippen molar-refractivity contribution >= 4 is 82.8 Å². The number of rotatable bonds is 43. The first-order valence-corrected chi connectivity index (χ1v) is 50.7. The monoisotopic (exact) mass is 2040 g/mol. The fraction of sp³-hybridized carbons (Fsp3) is 0.733. The number of likely N-dealkylation sites (N-methyl/N-ethyl adjacent to an activating group) is 2. The van der Waals surface area contributed by atoms with E-state index in [2.05, 4.69) is 37.2 Å². The summed E-state index contributed by atoms with van der Waals surface area (Å²) < 4.78 is 91.5. The molecule has 43 heteroatoms. The van der Waals surface area contributed by atoms with Crippen LogP contribution in [0.3, 0.4) is 0 Å². The van der Waals surface area contributed by atoms with Gasteiger partial charge in [0.1, 0.15) is 36.8 Å². The minimum Gasteiger partial charge on any atom is -0.445 e. The van der Waals surface area contributed by atoms with Gasteiger partial charge in [-0.25, -0.2) is 9.59 Å². The number of hydrogen-bond acceptors (Lipinski definition) is 30. The zero-order valence-corrected chi connectivity index (χ0v) is 87.3. The zero-order chi connectivity index (χ0) is 106. The van der Waals surface area contributed by atoms with E-state index in [0.29, 0.717) is 175 Å². The van der Waals surface area contributed by atoms with E-state index in [4.69, 9.17) is 81.5 Å². The summed E-state index contributed by atoms with van der Waals surface area (Å²) in [5, 5.41) is 30.6. The largest absolute Gasteiger partial charge is 0.445 e. The van der Waals surface area contributed by atoms with Crippen LogP contribution in [-0.4, -0.2) is 400 Å². The molecule has 0 saturated carbocycles. The number of primary amides is 1. The molecular formula is C101H167N13O30. The summed E-state index contributed by atoms with van der Waals surface area (Å²) in [4.78, 5) is 187. The lowest BCUT2D eigenvalue weighted by atomic mass is 9.89. The topological polar surface area (TPSA) is 516 Å². The molecule has 0 spiro atoms. The number of urea groups is 1. The Labute approximate surface area is 849 Å². The van der Waals surface area contributed by atoms with E-state index in [0.717, 1.165) is 9.80 Å². The van der Waals surface area contributed by atoms with Gasteiger partial charge < -0.3 is 139 Å². The molecule has 3 heterocycles. The van der Waals surface area contributed by atoms with Gasteiger partial charge in [-0.15, -0.1) is 0 Å². The maximum absolute atomic E-state index is 15.0. The van der Waals surface area contributed by atoms with Gasteiger partial charge in [-0.3, -0.25) is 62.5 Å². The number of carbonyl (C=O) groups is 13. The number of likely N-dealkylation sites (tertiary alicyclic amines) is 1. The Morgan fingerprint density at radius 2 is 0.986 bits per heavy atom. The molecule has 13 atom stereocenters. The van der Waals surface area contributed by atoms with Crippen LogP contribution in [0.5, 0.6) is 0 Å². The Morgan fingerprint density at radius 1 is 0.500 bits per heavy atom. The van der Waals surface area contributed by atoms with Crippen molar-refractivity contribution in [3.05, 3.63) is 77.9 Å². The van der Waals surface area contributed by atoms with E-state index in [1.165, 1.54) is 43.2 Å². The van der Waals surface area contributed by atoms with Gasteiger partial charge in [0, 0.05) is 91.7 Å². The molecule has 2 aromatic rings. The summed E-state index contributed by atoms with van der Waals surface area (Å²) in [5.74, 6) is -8.21. The molecule has 10 N–H and O–H groups in total. The van der Waals surface area contributed by atoms with Crippen molar-refractivity contribution in [1.82, 2.24) is 56.4 Å². The number of carbonyl (C=O) groups excluding carboxylic acids is 13. The number of anilines is 1. The van der Waals surface area contributed by atoms with Crippen LogP contribution in [0.2, 0.25) is 0 Å². The minimum atomic E-state index is -1.30. The van der Waals surface area contributed by atoms with Crippen molar-refractivity contribution in [1.29, 1.82) is 0 Å². The molecular weight excluding hydrogens is 1880 g/mol. The van der Waals surface area contributed by atoms with Gasteiger partial charge in [-0.1, -0.05) is 118 Å². The fourth-order valence-corrected chi connectivity index (χ4v) is 16.5. The molecule has 0 unspecified atom stereocenters. The van der Waals surface area contributed by atoms with Crippen molar-refractivity contribution in [2.24, 2.45) is 35.3 Å². The highest BCUT2D eigenvalue weighted by atomic mass is 16.6. The molecule has 144 heavy (non-hydrogen) atoms. The molecule has 0 bridgehead atoms. The first kappa shape index (κ1) is 125. The van der Waals surface area contributed by atoms with Gasteiger partial charge in [0.25, 0.3) is 11.8 Å². The van der Waals surface area contributed by atoms with Crippen molar-refractivity contribution in [2.75, 3.05) is 238 Å². The van der Waals surface area contributed by atoms with E-state index in [1.54, 1.807) is 104 Å². The van der Waals surface area contributed by atoms with E-state index in [9.17, 15) is 67.4 Å². The van der Waals surface area contributed by atoms with Crippen molar-refractivity contribution in [2.45, 2.75) is 220 Å². The number of hydrogen-bond donors (Lipinski definition) is 9. The predicted molar refractivity (Wildman–Crippen MR) is 532 cm³/mol. The number of amides is 14. The Kier molecular flexibility index (Phi) is 63.1. The lowest BCUT2D eigenvalue weighted by Gasteiger charge is -2.41. The highest BCUT2D eigenvalue weighted by Gasteiger charge is 2.45. The summed E-state index contributed by atoms with van der Waals surface area (Å²) >= 11 is 0. The average molecular weight is 2040 g/mol. The normalized spacial score (nSPS) is 19.3. The summed E-state index contributed by atoms with van der Waals surface area (Å²) in [7, 11) is 6.03. The average Bonchev–Trinajstić information content (AvgIpc) is 1.44. The zero-order valence-electron chi connectivity index (χ0n) is 87.3. The third kappa shape index (κ3) is 48.0. The summed E-state index contributed by atoms with van der Waals surface area (Å²) in [6.45, 7) is 26.3. The second kappa shape index (κ2) is 72.7. The number of aliphatic hydroxyl groups excluding tert-OH is 1. The third-order valence-corrected chi connectivity index (χ3v) is 24.8. The second-order valence-corrected chi connectivity index (χ2v) is 36.7. The number of ether oxygens (including phenoxy) is 16. The number of aliphatic hydroxyl groups is 1. The highest BCUT2D eigenvalue weighted by molar-refractivity contribution is 6.13. The van der Waals surface area contributed by atoms with Crippen LogP contribution in [0, 0.1) is 29.6 Å². The van der Waals surface area contributed by atoms with E-state index >= 15 is 0 Å². The molecule has 2 aromatic carbocycles. The van der Waals surface area contributed by atoms with Crippen LogP contribution < -0.4 is 43.0 Å². The summed E-state index contributed by atoms with van der Waals surface area (Å²) in [6, 6.07) is 6.63. The number of nitrogens with one attached hydrogen (secondary N) is 7. The van der Waals surface area contributed by atoms with Crippen LogP contribution in [0.15, 0.2) is 66.7 Å². The number of nitrogens with two attached hydrogens (primary N) is 1. The Balaban J connectivity index is 1.22. The summed E-state index contributed by atoms with van der Waals surface area (Å²) in [6.07, 6.45) is 1.36. The van der Waals surface area contributed by atoms with Crippen molar-refractivity contribution in [3.8, 4) is 0 Å². The highest BCUT2D eigenvalue weighted by Crippen LogP contribution is 2.31. The van der Waals surface area contributed by atoms with Crippen LogP contribution in [0.4, 0.5) is 15.3 Å². The van der Waals surface area contributed by atoms with Crippen molar-refractivity contribution in [3.63, 3.8) is 0 Å². The van der Waals surface area contributed by atoms with Crippen molar-refractivity contribution < 1.29 is 143 Å². The van der Waals surface area contributed by atoms with E-state index in [-0.39, 0.29) is 148 Å². The molecule has 5 rings (SSSR count). The predicted octanol–water partition coefficient (Wildman–Crippen LogP) is 4.40. The van der Waals surface area contributed by atoms with Crippen LogP contribution >= 0.6 is 0 Å². The maximum atomic E-state index is 15.0. The Hall–Kier alpha value is -9.55. The fourth-order valence-electron chi connectivity index (χ4n) is 16.5. The Morgan fingerprint density at radius 3 is 1.44 bits per heavy atom. The molecule has 0 aromatic heterocycles. The molecule has 43 nitrogen and oxygen atoms in total. The minimum absolute atomic E-state index is 0.0190. The molecule has 816 valence electrons. The summed E-state index contributed by atoms with van der Waals surface area (Å²) in [5.41, 5.74) is 6.77. The van der Waals surface area contributed by atoms with E-state index in [1.807, 2.05) is 32.0 Å². The standard InChI is InChI=1S/C101H167N13O30/c1-15-73(8)91(82(129-13)68-87(119)113-39-23-27-81(113)93(130-14)74(9)94(121)104-75(10)92(120)77-24-18-16-19-25-77)110(11)99(126)89(71(4)5)109-97(124)90(72(6)7)111(12)101(128)144-69-76-29-31-78(32-30-76)105-95(122)79(26-22-37-103-100(102)127)107-96(123)88(70(2)3)108-84(116)34-33-80(106-83(115)28-20-17-21-38-114-85(117)35-36-86(114)118)98(125)112-40-42-131-44-46-133-48-50-135-52-54-137-56-58-139-60-62-141-64-66-143-67-65-142-63-61-140-59-57-138-55-53-136-51-49-134-47-45-132-43-41-112/h16,18-19,24-25,29-32,35-36,70-75,79-82,88-93,120H,15,17,20-23,26-28,33-34,37-69H2,1-14H3,(H,104,121)(H,105,122)(H,106,115)(H,107,123)(H,108,116)(H,109,124)(H3,102,103,127)/t73-,74+,75+,79-,80-,81-,82+,88-,89-,90-,91-,92+,93+/m0/s1. The van der Waals surface area contributed by atoms with Gasteiger partial charge in [-0.05, 0) is 98.8 Å². The molecule has 14 amide bonds. The smallest absolute Gasteiger partial charge is 0.410 e. The van der Waals surface area contributed by atoms with Gasteiger partial charge in [0.2, 0.25) is 53.2 Å². The third-order valence-electron chi connectivity index (χ3n) is 24.8. The van der Waals surface area contributed by atoms with Crippen LogP contribution in [-0.2, 0) is 135 Å². The van der Waals surface area contributed by atoms with Crippen LogP contribution in [0.25, 0.3) is 0 Å². The number of benzene rings is 2. The molecule has 2 fully saturated rings. The molecule has 3 aliphatic heterocycles. The Bertz CT molecular complexity index is 4030. The molecule has 2 saturated heterocycles. The molecule has 3 aliphatic rings. The van der Waals surface area contributed by atoms with Gasteiger partial charge in [-0.2, -0.15) is 0 Å². The maximum Gasteiger partial charge on any atom is 0.410 e. The second-order valence-electron chi connectivity index (χ2n) is 36.7. The van der Waals surface area contributed by atoms with E-state index < -0.39 is 156 Å². The van der Waals surface area contributed by atoms with Gasteiger partial charge in [0.05, 0.1) is 221 Å². The number of nitrogens with zero attached hydrogens (tertiary/aromatic N) is 5. The van der Waals surface area contributed by atoms with Gasteiger partial charge in [0.15, 0.2) is 0 Å².